The number of aromatic nitrogens is 2. The summed E-state index contributed by atoms with van der Waals surface area (Å²) in [5.41, 5.74) is 3.06. The second-order valence-corrected chi connectivity index (χ2v) is 8.12. The van der Waals surface area contributed by atoms with Crippen molar-refractivity contribution in [2.24, 2.45) is 0 Å². The Labute approximate surface area is 187 Å². The number of hydrogen-bond acceptors (Lipinski definition) is 9. The van der Waals surface area contributed by atoms with Crippen LogP contribution in [0.25, 0.3) is 21.7 Å². The summed E-state index contributed by atoms with van der Waals surface area (Å²) < 4.78 is 21.9. The molecular weight excluding hydrogens is 436 g/mol. The molecule has 4 aromatic rings. The van der Waals surface area contributed by atoms with E-state index in [4.69, 9.17) is 18.6 Å². The van der Waals surface area contributed by atoms with Gasteiger partial charge in [0.15, 0.2) is 17.1 Å². The molecule has 9 heteroatoms. The number of carbonyl (C=O) groups excluding carboxylic acids is 1. The first-order valence-electron chi connectivity index (χ1n) is 9.56. The van der Waals surface area contributed by atoms with E-state index in [-0.39, 0.29) is 18.3 Å². The first kappa shape index (κ1) is 21.2. The van der Waals surface area contributed by atoms with Crippen molar-refractivity contribution in [3.8, 4) is 22.1 Å². The molecule has 0 saturated carbocycles. The maximum atomic E-state index is 12.1. The summed E-state index contributed by atoms with van der Waals surface area (Å²) in [5.74, 6) is 1.10. The lowest BCUT2D eigenvalue weighted by atomic mass is 10.2. The largest absolute Gasteiger partial charge is 0.493 e. The lowest BCUT2D eigenvalue weighted by Crippen LogP contribution is -2.07. The monoisotopic (exact) mass is 456 g/mol. The van der Waals surface area contributed by atoms with E-state index in [9.17, 15) is 4.79 Å². The molecular formula is C22H20N2O5S2. The van der Waals surface area contributed by atoms with Gasteiger partial charge in [-0.15, -0.1) is 11.3 Å². The van der Waals surface area contributed by atoms with Gasteiger partial charge in [-0.2, -0.15) is 0 Å². The average molecular weight is 457 g/mol. The molecule has 7 nitrogen and oxygen atoms in total. The van der Waals surface area contributed by atoms with Gasteiger partial charge in [0.2, 0.25) is 0 Å². The summed E-state index contributed by atoms with van der Waals surface area (Å²) in [7, 11) is 1.60. The van der Waals surface area contributed by atoms with Crippen LogP contribution in [0.4, 0.5) is 0 Å². The van der Waals surface area contributed by atoms with Crippen LogP contribution in [-0.2, 0) is 16.1 Å². The zero-order valence-corrected chi connectivity index (χ0v) is 18.6. The summed E-state index contributed by atoms with van der Waals surface area (Å²) in [6.45, 7) is 2.60. The molecule has 2 aromatic carbocycles. The van der Waals surface area contributed by atoms with E-state index in [1.807, 2.05) is 54.8 Å². The van der Waals surface area contributed by atoms with Gasteiger partial charge in [-0.05, 0) is 37.3 Å². The number of para-hydroxylation sites is 2. The van der Waals surface area contributed by atoms with Crippen LogP contribution in [-0.4, -0.2) is 35.4 Å². The first-order chi connectivity index (χ1) is 15.2. The maximum absolute atomic E-state index is 12.1. The Bertz CT molecular complexity index is 1150. The Kier molecular flexibility index (Phi) is 6.73. The van der Waals surface area contributed by atoms with Crippen LogP contribution >= 0.6 is 23.1 Å². The van der Waals surface area contributed by atoms with E-state index in [1.54, 1.807) is 7.11 Å². The zero-order valence-electron chi connectivity index (χ0n) is 17.0. The molecule has 0 aliphatic rings. The number of thiazole rings is 1. The molecule has 2 aromatic heterocycles. The SMILES string of the molecule is CCOc1ccc(-c2nc(COC(=O)CSc3nc4ccccc4o3)cs2)cc1OC. The van der Waals surface area contributed by atoms with Crippen LogP contribution < -0.4 is 9.47 Å². The van der Waals surface area contributed by atoms with Gasteiger partial charge < -0.3 is 18.6 Å². The molecule has 0 aliphatic carbocycles. The number of oxazole rings is 1. The lowest BCUT2D eigenvalue weighted by molar-refractivity contribution is -0.141. The minimum Gasteiger partial charge on any atom is -0.493 e. The summed E-state index contributed by atoms with van der Waals surface area (Å²) >= 11 is 2.68. The molecule has 0 spiro atoms. The Morgan fingerprint density at radius 2 is 2.03 bits per heavy atom. The molecule has 160 valence electrons. The smallest absolute Gasteiger partial charge is 0.316 e. The predicted molar refractivity (Wildman–Crippen MR) is 120 cm³/mol. The number of ether oxygens (including phenoxy) is 3. The molecule has 2 heterocycles. The van der Waals surface area contributed by atoms with Crippen molar-refractivity contribution in [1.29, 1.82) is 0 Å². The summed E-state index contributed by atoms with van der Waals surface area (Å²) in [5, 5.41) is 3.13. The number of thioether (sulfide) groups is 1. The minimum absolute atomic E-state index is 0.109. The van der Waals surface area contributed by atoms with Crippen LogP contribution in [0.5, 0.6) is 11.5 Å². The fourth-order valence-electron chi connectivity index (χ4n) is 2.81. The highest BCUT2D eigenvalue weighted by Gasteiger charge is 2.13. The predicted octanol–water partition coefficient (Wildman–Crippen LogP) is 5.19. The highest BCUT2D eigenvalue weighted by molar-refractivity contribution is 7.99. The fraction of sp³-hybridized carbons (Fsp3) is 0.227. The van der Waals surface area contributed by atoms with Crippen molar-refractivity contribution in [3.05, 3.63) is 53.5 Å². The molecule has 0 atom stereocenters. The molecule has 0 unspecified atom stereocenters. The Morgan fingerprint density at radius 3 is 2.84 bits per heavy atom. The molecule has 0 bridgehead atoms. The molecule has 0 radical (unpaired) electrons. The van der Waals surface area contributed by atoms with Gasteiger partial charge in [0.05, 0.1) is 19.4 Å². The number of carbonyl (C=O) groups is 1. The zero-order chi connectivity index (χ0) is 21.6. The third-order valence-corrected chi connectivity index (χ3v) is 5.97. The topological polar surface area (TPSA) is 83.7 Å². The van der Waals surface area contributed by atoms with E-state index in [2.05, 4.69) is 9.97 Å². The molecule has 0 fully saturated rings. The third kappa shape index (κ3) is 5.18. The van der Waals surface area contributed by atoms with Crippen LogP contribution in [0.15, 0.2) is 57.5 Å². The van der Waals surface area contributed by atoms with Gasteiger partial charge >= 0.3 is 5.97 Å². The van der Waals surface area contributed by atoms with Crippen LogP contribution in [0, 0.1) is 0 Å². The number of hydrogen-bond donors (Lipinski definition) is 0. The molecule has 0 aliphatic heterocycles. The number of nitrogens with zero attached hydrogens (tertiary/aromatic N) is 2. The van der Waals surface area contributed by atoms with Crippen LogP contribution in [0.3, 0.4) is 0 Å². The van der Waals surface area contributed by atoms with E-state index in [0.717, 1.165) is 16.1 Å². The number of fused-ring (bicyclic) bond motifs is 1. The van der Waals surface area contributed by atoms with E-state index >= 15 is 0 Å². The molecule has 0 saturated heterocycles. The molecule has 0 amide bonds. The second-order valence-electron chi connectivity index (χ2n) is 6.34. The third-order valence-electron chi connectivity index (χ3n) is 4.23. The summed E-state index contributed by atoms with van der Waals surface area (Å²) in [4.78, 5) is 21.0. The van der Waals surface area contributed by atoms with Crippen molar-refractivity contribution in [2.45, 2.75) is 18.8 Å². The Hall–Kier alpha value is -3.04. The summed E-state index contributed by atoms with van der Waals surface area (Å²) in [6, 6.07) is 13.1. The van der Waals surface area contributed by atoms with Gasteiger partial charge in [0.1, 0.15) is 22.9 Å². The van der Waals surface area contributed by atoms with Crippen LogP contribution in [0.1, 0.15) is 12.6 Å². The van der Waals surface area contributed by atoms with Crippen molar-refractivity contribution < 1.29 is 23.4 Å². The van der Waals surface area contributed by atoms with Gasteiger partial charge in [-0.3, -0.25) is 4.79 Å². The van der Waals surface area contributed by atoms with E-state index in [0.29, 0.717) is 34.6 Å². The molecule has 4 rings (SSSR count). The molecule has 31 heavy (non-hydrogen) atoms. The number of esters is 1. The van der Waals surface area contributed by atoms with Crippen molar-refractivity contribution >= 4 is 40.2 Å². The van der Waals surface area contributed by atoms with Crippen molar-refractivity contribution in [2.75, 3.05) is 19.5 Å². The van der Waals surface area contributed by atoms with Gasteiger partial charge in [-0.25, -0.2) is 9.97 Å². The van der Waals surface area contributed by atoms with Crippen molar-refractivity contribution in [3.63, 3.8) is 0 Å². The Morgan fingerprint density at radius 1 is 1.16 bits per heavy atom. The highest BCUT2D eigenvalue weighted by Crippen LogP contribution is 2.34. The standard InChI is InChI=1S/C22H20N2O5S2/c1-3-27-18-9-8-14(10-19(18)26-2)21-23-15(12-30-21)11-28-20(25)13-31-22-24-16-6-4-5-7-17(16)29-22/h4-10,12H,3,11,13H2,1-2H3. The van der Waals surface area contributed by atoms with Crippen LogP contribution in [0.2, 0.25) is 0 Å². The number of rotatable bonds is 9. The number of methoxy groups -OCH3 is 1. The summed E-state index contributed by atoms with van der Waals surface area (Å²) in [6.07, 6.45) is 0. The van der Waals surface area contributed by atoms with Gasteiger partial charge in [-0.1, -0.05) is 23.9 Å². The fourth-order valence-corrected chi connectivity index (χ4v) is 4.25. The highest BCUT2D eigenvalue weighted by atomic mass is 32.2. The van der Waals surface area contributed by atoms with E-state index < -0.39 is 0 Å². The average Bonchev–Trinajstić information content (AvgIpc) is 3.43. The van der Waals surface area contributed by atoms with Gasteiger partial charge in [0, 0.05) is 10.9 Å². The molecule has 0 N–H and O–H groups in total. The Balaban J connectivity index is 1.32. The van der Waals surface area contributed by atoms with Crippen molar-refractivity contribution in [1.82, 2.24) is 9.97 Å². The lowest BCUT2D eigenvalue weighted by Gasteiger charge is -2.09. The first-order valence-corrected chi connectivity index (χ1v) is 11.4. The van der Waals surface area contributed by atoms with E-state index in [1.165, 1.54) is 23.1 Å². The second kappa shape index (κ2) is 9.84. The minimum atomic E-state index is -0.357. The quantitative estimate of drug-likeness (QED) is 0.251. The normalized spacial score (nSPS) is 10.9. The maximum Gasteiger partial charge on any atom is 0.316 e. The number of benzene rings is 2. The van der Waals surface area contributed by atoms with Gasteiger partial charge in [0.25, 0.3) is 5.22 Å².